The molecular weight excluding hydrogens is 240 g/mol. The number of hydrogen-bond donors (Lipinski definition) is 2. The summed E-state index contributed by atoms with van der Waals surface area (Å²) in [4.78, 5) is 12.1. The number of rotatable bonds is 6. The number of nitrogens with zero attached hydrogens (tertiary/aromatic N) is 2. The fourth-order valence-corrected chi connectivity index (χ4v) is 1.83. The molecule has 3 N–H and O–H groups in total. The molecule has 1 amide bonds. The van der Waals surface area contributed by atoms with Gasteiger partial charge in [0.1, 0.15) is 6.54 Å². The average Bonchev–Trinajstić information content (AvgIpc) is 2.39. The summed E-state index contributed by atoms with van der Waals surface area (Å²) < 4.78 is 0.577. The van der Waals surface area contributed by atoms with E-state index in [1.165, 1.54) is 0 Å². The Hall–Kier alpha value is -1.43. The second kappa shape index (κ2) is 6.14. The van der Waals surface area contributed by atoms with E-state index in [-0.39, 0.29) is 17.0 Å². The van der Waals surface area contributed by atoms with Crippen LogP contribution in [0.15, 0.2) is 30.3 Å². The molecule has 0 radical (unpaired) electrons. The number of carbonyl (C=O) groups excluding carboxylic acids is 1. The van der Waals surface area contributed by atoms with E-state index in [1.54, 1.807) is 0 Å². The molecule has 0 heterocycles. The van der Waals surface area contributed by atoms with Crippen LogP contribution >= 0.6 is 0 Å². The molecule has 0 saturated carbocycles. The van der Waals surface area contributed by atoms with Crippen LogP contribution in [-0.4, -0.2) is 44.2 Å². The number of nitrogens with one attached hydrogen (secondary N) is 1. The molecule has 0 aromatic heterocycles. The van der Waals surface area contributed by atoms with Gasteiger partial charge in [-0.2, -0.15) is 15.9 Å². The minimum Gasteiger partial charge on any atom is -0.263 e. The van der Waals surface area contributed by atoms with Gasteiger partial charge in [-0.05, 0) is 13.8 Å². The van der Waals surface area contributed by atoms with Gasteiger partial charge in [0.25, 0.3) is 0 Å². The predicted octanol–water partition coefficient (Wildman–Crippen LogP) is 1.02. The summed E-state index contributed by atoms with van der Waals surface area (Å²) >= 11 is 0. The molecule has 2 atom stereocenters. The monoisotopic (exact) mass is 266 g/mol. The van der Waals surface area contributed by atoms with Crippen LogP contribution in [-0.2, 0) is 4.79 Å². The van der Waals surface area contributed by atoms with Crippen molar-refractivity contribution in [2.75, 3.05) is 33.7 Å². The lowest BCUT2D eigenvalue weighted by Gasteiger charge is -2.33. The number of para-hydroxylation sites is 1. The molecule has 2 unspecified atom stereocenters. The summed E-state index contributed by atoms with van der Waals surface area (Å²) in [6.45, 7) is 5.78. The SMILES string of the molecule is CC[N+](C)(N)CC(=O)N[N+](C)(CC)c1ccccc1. The highest BCUT2D eigenvalue weighted by molar-refractivity contribution is 5.78. The van der Waals surface area contributed by atoms with Crippen molar-refractivity contribution in [1.29, 1.82) is 0 Å². The second-order valence-corrected chi connectivity index (χ2v) is 5.33. The Bertz CT molecular complexity index is 419. The molecule has 0 fully saturated rings. The van der Waals surface area contributed by atoms with E-state index in [0.29, 0.717) is 11.1 Å². The Morgan fingerprint density at radius 1 is 1.16 bits per heavy atom. The Labute approximate surface area is 115 Å². The van der Waals surface area contributed by atoms with Gasteiger partial charge in [-0.25, -0.2) is 4.59 Å². The van der Waals surface area contributed by atoms with Crippen molar-refractivity contribution in [3.8, 4) is 0 Å². The Morgan fingerprint density at radius 3 is 2.21 bits per heavy atom. The van der Waals surface area contributed by atoms with Crippen LogP contribution in [0.4, 0.5) is 5.69 Å². The summed E-state index contributed by atoms with van der Waals surface area (Å²) in [5, 5.41) is 0. The van der Waals surface area contributed by atoms with Gasteiger partial charge in [0.15, 0.2) is 12.2 Å². The molecule has 1 rings (SSSR count). The zero-order chi connectivity index (χ0) is 14.5. The second-order valence-electron chi connectivity index (χ2n) is 5.33. The molecule has 106 valence electrons. The number of nitrogens with two attached hydrogens (primary N) is 1. The van der Waals surface area contributed by atoms with E-state index in [0.717, 1.165) is 12.2 Å². The molecule has 19 heavy (non-hydrogen) atoms. The van der Waals surface area contributed by atoms with Gasteiger partial charge in [0, 0.05) is 12.1 Å². The fourth-order valence-electron chi connectivity index (χ4n) is 1.83. The van der Waals surface area contributed by atoms with Crippen LogP contribution in [0.3, 0.4) is 0 Å². The summed E-state index contributed by atoms with van der Waals surface area (Å²) in [6.07, 6.45) is 0. The van der Waals surface area contributed by atoms with Gasteiger partial charge in [-0.1, -0.05) is 18.2 Å². The molecule has 5 heteroatoms. The molecule has 0 spiro atoms. The first-order valence-electron chi connectivity index (χ1n) is 6.68. The smallest absolute Gasteiger partial charge is 0.263 e. The lowest BCUT2D eigenvalue weighted by molar-refractivity contribution is -0.912. The van der Waals surface area contributed by atoms with Gasteiger partial charge >= 0.3 is 5.91 Å². The van der Waals surface area contributed by atoms with Crippen molar-refractivity contribution in [1.82, 2.24) is 10.0 Å². The van der Waals surface area contributed by atoms with Gasteiger partial charge in [0.2, 0.25) is 0 Å². The van der Waals surface area contributed by atoms with Crippen molar-refractivity contribution in [3.63, 3.8) is 0 Å². The van der Waals surface area contributed by atoms with Crippen LogP contribution in [0.2, 0.25) is 0 Å². The largest absolute Gasteiger partial charge is 0.322 e. The highest BCUT2D eigenvalue weighted by Gasteiger charge is 2.29. The Morgan fingerprint density at radius 2 is 1.74 bits per heavy atom. The molecule has 0 aliphatic rings. The van der Waals surface area contributed by atoms with E-state index in [9.17, 15) is 4.79 Å². The van der Waals surface area contributed by atoms with Crippen LogP contribution in [0.1, 0.15) is 13.8 Å². The third-order valence-corrected chi connectivity index (χ3v) is 3.56. The van der Waals surface area contributed by atoms with Gasteiger partial charge in [-0.15, -0.1) is 0 Å². The van der Waals surface area contributed by atoms with Gasteiger partial charge < -0.3 is 0 Å². The van der Waals surface area contributed by atoms with Gasteiger partial charge in [0.05, 0.1) is 20.6 Å². The molecule has 1 aromatic rings. The fraction of sp³-hybridized carbons (Fsp3) is 0.500. The van der Waals surface area contributed by atoms with Crippen molar-refractivity contribution in [3.05, 3.63) is 30.3 Å². The topological polar surface area (TPSA) is 55.1 Å². The van der Waals surface area contributed by atoms with Crippen molar-refractivity contribution in [2.45, 2.75) is 13.8 Å². The van der Waals surface area contributed by atoms with Crippen LogP contribution in [0, 0.1) is 0 Å². The molecule has 0 aliphatic carbocycles. The number of quaternary nitrogens is 2. The van der Waals surface area contributed by atoms with E-state index in [4.69, 9.17) is 5.84 Å². The molecule has 0 aliphatic heterocycles. The van der Waals surface area contributed by atoms with Crippen molar-refractivity contribution >= 4 is 11.6 Å². The quantitative estimate of drug-likeness (QED) is 0.459. The minimum absolute atomic E-state index is 0.0416. The summed E-state index contributed by atoms with van der Waals surface area (Å²) in [5.41, 5.74) is 4.11. The number of likely N-dealkylation sites (N-methyl/N-ethyl adjacent to an activating group) is 1. The molecular formula is C14H26N4O+2. The zero-order valence-corrected chi connectivity index (χ0v) is 12.4. The molecule has 0 saturated heterocycles. The third-order valence-electron chi connectivity index (χ3n) is 3.56. The number of benzene rings is 1. The maximum absolute atomic E-state index is 12.1. The maximum atomic E-state index is 12.1. The first-order chi connectivity index (χ1) is 8.83. The Kier molecular flexibility index (Phi) is 5.05. The van der Waals surface area contributed by atoms with Crippen LogP contribution in [0.5, 0.6) is 0 Å². The van der Waals surface area contributed by atoms with Crippen molar-refractivity contribution in [2.24, 2.45) is 5.84 Å². The Balaban J connectivity index is 2.80. The van der Waals surface area contributed by atoms with Crippen LogP contribution < -0.4 is 15.9 Å². The molecule has 1 aromatic carbocycles. The first-order valence-corrected chi connectivity index (χ1v) is 6.68. The third kappa shape index (κ3) is 4.31. The normalized spacial score (nSPS) is 17.3. The number of carbonyl (C=O) groups is 1. The first kappa shape index (κ1) is 15.6. The zero-order valence-electron chi connectivity index (χ0n) is 12.4. The van der Waals surface area contributed by atoms with E-state index in [2.05, 4.69) is 5.43 Å². The minimum atomic E-state index is -0.0416. The molecule has 0 bridgehead atoms. The molecule has 5 nitrogen and oxygen atoms in total. The highest BCUT2D eigenvalue weighted by atomic mass is 16.2. The van der Waals surface area contributed by atoms with Crippen LogP contribution in [0.25, 0.3) is 0 Å². The number of hydrogen-bond acceptors (Lipinski definition) is 2. The highest BCUT2D eigenvalue weighted by Crippen LogP contribution is 2.17. The standard InChI is InChI=1S/C14H25N4O/c1-5-17(3,15)12-14(19)16-18(4,6-2)13-10-8-7-9-11-13/h7-11H,5-6,12,15H2,1-4H3/q+1/p+1. The van der Waals surface area contributed by atoms with E-state index >= 15 is 0 Å². The van der Waals surface area contributed by atoms with E-state index in [1.807, 2.05) is 58.3 Å². The van der Waals surface area contributed by atoms with E-state index < -0.39 is 0 Å². The van der Waals surface area contributed by atoms with Crippen molar-refractivity contribution < 1.29 is 9.39 Å². The lowest BCUT2D eigenvalue weighted by atomic mass is 10.3. The summed E-state index contributed by atoms with van der Waals surface area (Å²) in [5.74, 6) is 5.94. The predicted molar refractivity (Wildman–Crippen MR) is 78.6 cm³/mol. The maximum Gasteiger partial charge on any atom is 0.322 e. The lowest BCUT2D eigenvalue weighted by Crippen LogP contribution is -2.63. The summed E-state index contributed by atoms with van der Waals surface area (Å²) in [6, 6.07) is 9.95. The average molecular weight is 266 g/mol. The van der Waals surface area contributed by atoms with Gasteiger partial charge in [-0.3, -0.25) is 4.79 Å². The number of amides is 1. The summed E-state index contributed by atoms with van der Waals surface area (Å²) in [7, 11) is 3.83.